The van der Waals surface area contributed by atoms with Crippen LogP contribution in [0.3, 0.4) is 0 Å². The molecule has 180 valence electrons. The Balaban J connectivity index is 1.31. The topological polar surface area (TPSA) is 58.6 Å². The molecule has 1 saturated heterocycles. The Labute approximate surface area is 226 Å². The summed E-state index contributed by atoms with van der Waals surface area (Å²) in [6.07, 6.45) is 1.66. The molecule has 5 rings (SSSR count). The highest BCUT2D eigenvalue weighted by atomic mass is 79.9. The van der Waals surface area contributed by atoms with Crippen molar-refractivity contribution in [3.8, 4) is 5.75 Å². The molecule has 0 aromatic heterocycles. The van der Waals surface area contributed by atoms with E-state index in [2.05, 4.69) is 67.5 Å². The van der Waals surface area contributed by atoms with Gasteiger partial charge in [-0.25, -0.2) is 4.79 Å². The first-order chi connectivity index (χ1) is 17.4. The second-order valence-electron chi connectivity index (χ2n) is 8.65. The van der Waals surface area contributed by atoms with Crippen LogP contribution in [-0.2, 0) is 17.9 Å². The molecular weight excluding hydrogens is 584 g/mol. The highest BCUT2D eigenvalue weighted by molar-refractivity contribution is 9.11. The zero-order valence-electron chi connectivity index (χ0n) is 19.4. The van der Waals surface area contributed by atoms with Gasteiger partial charge in [-0.1, -0.05) is 66.2 Å². The molecule has 0 spiro atoms. The molecule has 0 atom stereocenters. The van der Waals surface area contributed by atoms with Gasteiger partial charge >= 0.3 is 6.03 Å². The molecule has 0 aliphatic carbocycles. The number of hydrogen-bond acceptors (Lipinski definition) is 3. The summed E-state index contributed by atoms with van der Waals surface area (Å²) < 4.78 is 7.57. The largest absolute Gasteiger partial charge is 0.487 e. The highest BCUT2D eigenvalue weighted by Gasteiger charge is 2.33. The predicted octanol–water partition coefficient (Wildman–Crippen LogP) is 7.35. The molecule has 5 nitrogen and oxygen atoms in total. The SMILES string of the molecule is Cc1ccc(CN2C(=O)N/C(=C/c3cc(Br)c(OCc4ccc5ccccc5c4)c(Br)c3)C2=O)cc1. The van der Waals surface area contributed by atoms with Crippen LogP contribution in [0.2, 0.25) is 0 Å². The molecule has 1 fully saturated rings. The molecule has 4 aromatic carbocycles. The van der Waals surface area contributed by atoms with E-state index >= 15 is 0 Å². The maximum absolute atomic E-state index is 12.9. The van der Waals surface area contributed by atoms with Crippen LogP contribution in [0.4, 0.5) is 4.79 Å². The quantitative estimate of drug-likeness (QED) is 0.185. The number of fused-ring (bicyclic) bond motifs is 1. The normalized spacial score (nSPS) is 14.5. The highest BCUT2D eigenvalue weighted by Crippen LogP contribution is 2.36. The van der Waals surface area contributed by atoms with Crippen LogP contribution in [0.5, 0.6) is 5.75 Å². The third-order valence-corrected chi connectivity index (χ3v) is 7.13. The molecule has 1 aliphatic rings. The van der Waals surface area contributed by atoms with Crippen molar-refractivity contribution < 1.29 is 14.3 Å². The number of carbonyl (C=O) groups excluding carboxylic acids is 2. The summed E-state index contributed by atoms with van der Waals surface area (Å²) in [6.45, 7) is 2.62. The average Bonchev–Trinajstić information content (AvgIpc) is 3.12. The fourth-order valence-corrected chi connectivity index (χ4v) is 5.49. The van der Waals surface area contributed by atoms with E-state index in [9.17, 15) is 9.59 Å². The van der Waals surface area contributed by atoms with Crippen LogP contribution in [0.15, 0.2) is 93.5 Å². The number of ether oxygens (including phenoxy) is 1. The van der Waals surface area contributed by atoms with E-state index in [0.29, 0.717) is 12.4 Å². The van der Waals surface area contributed by atoms with Crippen molar-refractivity contribution in [1.29, 1.82) is 0 Å². The molecule has 4 aromatic rings. The van der Waals surface area contributed by atoms with Crippen molar-refractivity contribution in [1.82, 2.24) is 10.2 Å². The van der Waals surface area contributed by atoms with Gasteiger partial charge in [0, 0.05) is 0 Å². The fraction of sp³-hybridized carbons (Fsp3) is 0.103. The van der Waals surface area contributed by atoms with Crippen molar-refractivity contribution in [2.24, 2.45) is 0 Å². The van der Waals surface area contributed by atoms with Gasteiger partial charge in [0.05, 0.1) is 15.5 Å². The molecule has 0 radical (unpaired) electrons. The first-order valence-electron chi connectivity index (χ1n) is 11.4. The number of nitrogens with zero attached hydrogens (tertiary/aromatic N) is 1. The number of urea groups is 1. The number of amides is 3. The van der Waals surface area contributed by atoms with Crippen molar-refractivity contribution in [2.45, 2.75) is 20.1 Å². The van der Waals surface area contributed by atoms with E-state index in [-0.39, 0.29) is 18.1 Å². The maximum atomic E-state index is 12.9. The van der Waals surface area contributed by atoms with E-state index in [1.54, 1.807) is 6.08 Å². The molecule has 36 heavy (non-hydrogen) atoms. The Hall–Kier alpha value is -3.42. The molecule has 1 N–H and O–H groups in total. The molecular formula is C29H22Br2N2O3. The molecule has 1 aliphatic heterocycles. The van der Waals surface area contributed by atoms with Gasteiger partial charge in [0.2, 0.25) is 0 Å². The Kier molecular flexibility index (Phi) is 6.94. The Bertz CT molecular complexity index is 1490. The van der Waals surface area contributed by atoms with Crippen LogP contribution in [0.1, 0.15) is 22.3 Å². The first-order valence-corrected chi connectivity index (χ1v) is 13.0. The minimum absolute atomic E-state index is 0.219. The lowest BCUT2D eigenvalue weighted by molar-refractivity contribution is -0.123. The monoisotopic (exact) mass is 604 g/mol. The van der Waals surface area contributed by atoms with Crippen LogP contribution in [0.25, 0.3) is 16.8 Å². The maximum Gasteiger partial charge on any atom is 0.329 e. The third kappa shape index (κ3) is 5.22. The molecule has 0 bridgehead atoms. The molecule has 1 heterocycles. The Morgan fingerprint density at radius 2 is 1.53 bits per heavy atom. The van der Waals surface area contributed by atoms with Crippen LogP contribution < -0.4 is 10.1 Å². The van der Waals surface area contributed by atoms with Gasteiger partial charge in [0.1, 0.15) is 18.1 Å². The summed E-state index contributed by atoms with van der Waals surface area (Å²) in [5.41, 5.74) is 4.05. The first kappa shape index (κ1) is 24.3. The van der Waals surface area contributed by atoms with Gasteiger partial charge in [-0.15, -0.1) is 0 Å². The van der Waals surface area contributed by atoms with Crippen molar-refractivity contribution in [2.75, 3.05) is 0 Å². The summed E-state index contributed by atoms with van der Waals surface area (Å²) in [5.74, 6) is 0.303. The van der Waals surface area contributed by atoms with Gasteiger partial charge in [0.25, 0.3) is 5.91 Å². The summed E-state index contributed by atoms with van der Waals surface area (Å²) in [6, 6.07) is 25.5. The summed E-state index contributed by atoms with van der Waals surface area (Å²) in [7, 11) is 0. The van der Waals surface area contributed by atoms with Crippen molar-refractivity contribution in [3.05, 3.63) is 116 Å². The van der Waals surface area contributed by atoms with Crippen LogP contribution in [-0.4, -0.2) is 16.8 Å². The number of nitrogens with one attached hydrogen (secondary N) is 1. The number of halogens is 2. The van der Waals surface area contributed by atoms with E-state index in [4.69, 9.17) is 4.74 Å². The summed E-state index contributed by atoms with van der Waals surface area (Å²) >= 11 is 7.17. The molecule has 0 saturated carbocycles. The van der Waals surface area contributed by atoms with Gasteiger partial charge in [0.15, 0.2) is 0 Å². The molecule has 7 heteroatoms. The molecule has 3 amide bonds. The number of imide groups is 1. The lowest BCUT2D eigenvalue weighted by Crippen LogP contribution is -2.30. The standard InChI is InChI=1S/C29H22Br2N2O3/c1-18-6-8-19(9-7-18)16-33-28(34)26(32-29(33)35)15-21-13-24(30)27(25(31)14-21)36-17-20-10-11-22-4-2-3-5-23(22)12-20/h2-15H,16-17H2,1H3,(H,32,35)/b26-15+. The summed E-state index contributed by atoms with van der Waals surface area (Å²) in [5, 5.41) is 5.04. The van der Waals surface area contributed by atoms with E-state index in [1.807, 2.05) is 55.5 Å². The van der Waals surface area contributed by atoms with Gasteiger partial charge in [-0.3, -0.25) is 9.69 Å². The zero-order valence-corrected chi connectivity index (χ0v) is 22.6. The van der Waals surface area contributed by atoms with Crippen molar-refractivity contribution in [3.63, 3.8) is 0 Å². The van der Waals surface area contributed by atoms with E-state index in [0.717, 1.165) is 31.2 Å². The number of benzene rings is 4. The van der Waals surface area contributed by atoms with E-state index in [1.165, 1.54) is 15.7 Å². The fourth-order valence-electron chi connectivity index (χ4n) is 4.04. The van der Waals surface area contributed by atoms with Gasteiger partial charge in [-0.2, -0.15) is 0 Å². The average molecular weight is 606 g/mol. The zero-order chi connectivity index (χ0) is 25.2. The predicted molar refractivity (Wildman–Crippen MR) is 148 cm³/mol. The Morgan fingerprint density at radius 1 is 0.861 bits per heavy atom. The number of rotatable bonds is 6. The Morgan fingerprint density at radius 3 is 2.25 bits per heavy atom. The van der Waals surface area contributed by atoms with Gasteiger partial charge < -0.3 is 10.1 Å². The smallest absolute Gasteiger partial charge is 0.329 e. The number of carbonyl (C=O) groups is 2. The van der Waals surface area contributed by atoms with Gasteiger partial charge in [-0.05, 0) is 90.5 Å². The lowest BCUT2D eigenvalue weighted by atomic mass is 10.1. The number of hydrogen-bond donors (Lipinski definition) is 1. The second kappa shape index (κ2) is 10.3. The molecule has 0 unspecified atom stereocenters. The van der Waals surface area contributed by atoms with Crippen LogP contribution >= 0.6 is 31.9 Å². The lowest BCUT2D eigenvalue weighted by Gasteiger charge is -2.12. The van der Waals surface area contributed by atoms with E-state index < -0.39 is 6.03 Å². The number of aryl methyl sites for hydroxylation is 1. The minimum atomic E-state index is -0.430. The second-order valence-corrected chi connectivity index (χ2v) is 10.4. The summed E-state index contributed by atoms with van der Waals surface area (Å²) in [4.78, 5) is 26.6. The van der Waals surface area contributed by atoms with Crippen molar-refractivity contribution >= 4 is 60.6 Å². The van der Waals surface area contributed by atoms with Crippen LogP contribution in [0, 0.1) is 6.92 Å². The third-order valence-electron chi connectivity index (χ3n) is 5.95. The minimum Gasteiger partial charge on any atom is -0.487 e.